The molecule has 1 atom stereocenters. The standard InChI is InChI=1S/C18H28FN/c1-17(2,3)13-7-8-20(12-13)16-10-14(18(4,5)6)9-15(19)11-16/h9-11,13H,7-8,12H2,1-6H3. The van der Waals surface area contributed by atoms with E-state index in [0.717, 1.165) is 24.3 Å². The third kappa shape index (κ3) is 3.34. The van der Waals surface area contributed by atoms with E-state index >= 15 is 0 Å². The van der Waals surface area contributed by atoms with Gasteiger partial charge in [-0.2, -0.15) is 0 Å². The van der Waals surface area contributed by atoms with Crippen LogP contribution >= 0.6 is 0 Å². The van der Waals surface area contributed by atoms with Crippen molar-refractivity contribution in [2.45, 2.75) is 53.4 Å². The van der Waals surface area contributed by atoms with Crippen molar-refractivity contribution in [2.75, 3.05) is 18.0 Å². The molecule has 0 spiro atoms. The summed E-state index contributed by atoms with van der Waals surface area (Å²) in [7, 11) is 0. The van der Waals surface area contributed by atoms with Crippen LogP contribution in [0.4, 0.5) is 10.1 Å². The van der Waals surface area contributed by atoms with Gasteiger partial charge in [0.15, 0.2) is 0 Å². The Morgan fingerprint density at radius 1 is 1.05 bits per heavy atom. The summed E-state index contributed by atoms with van der Waals surface area (Å²) in [6.45, 7) is 15.4. The number of hydrogen-bond acceptors (Lipinski definition) is 1. The van der Waals surface area contributed by atoms with E-state index < -0.39 is 0 Å². The molecular formula is C18H28FN. The minimum atomic E-state index is -0.119. The summed E-state index contributed by atoms with van der Waals surface area (Å²) >= 11 is 0. The van der Waals surface area contributed by atoms with E-state index in [-0.39, 0.29) is 11.2 Å². The van der Waals surface area contributed by atoms with Gasteiger partial charge in [0, 0.05) is 18.8 Å². The molecule has 2 rings (SSSR count). The number of nitrogens with zero attached hydrogens (tertiary/aromatic N) is 1. The van der Waals surface area contributed by atoms with Gasteiger partial charge >= 0.3 is 0 Å². The Balaban J connectivity index is 2.25. The molecule has 0 aromatic heterocycles. The summed E-state index contributed by atoms with van der Waals surface area (Å²) in [6, 6.07) is 5.51. The van der Waals surface area contributed by atoms with Gasteiger partial charge in [-0.1, -0.05) is 41.5 Å². The average Bonchev–Trinajstić information content (AvgIpc) is 2.75. The number of benzene rings is 1. The molecule has 1 aromatic rings. The van der Waals surface area contributed by atoms with Gasteiger partial charge in [-0.05, 0) is 46.9 Å². The molecule has 0 radical (unpaired) electrons. The van der Waals surface area contributed by atoms with Crippen molar-refractivity contribution in [1.29, 1.82) is 0 Å². The second kappa shape index (κ2) is 5.05. The SMILES string of the molecule is CC(C)(C)c1cc(F)cc(N2CCC(C(C)(C)C)C2)c1. The van der Waals surface area contributed by atoms with Crippen molar-refractivity contribution in [3.05, 3.63) is 29.6 Å². The second-order valence-corrected chi connectivity index (χ2v) is 8.25. The fraction of sp³-hybridized carbons (Fsp3) is 0.667. The Labute approximate surface area is 123 Å². The van der Waals surface area contributed by atoms with E-state index in [4.69, 9.17) is 0 Å². The molecule has 0 bridgehead atoms. The molecule has 0 saturated carbocycles. The first-order valence-electron chi connectivity index (χ1n) is 7.63. The topological polar surface area (TPSA) is 3.24 Å². The summed E-state index contributed by atoms with van der Waals surface area (Å²) in [5.41, 5.74) is 2.43. The molecule has 1 unspecified atom stereocenters. The third-order valence-corrected chi connectivity index (χ3v) is 4.53. The van der Waals surface area contributed by atoms with Gasteiger partial charge in [0.1, 0.15) is 5.82 Å². The van der Waals surface area contributed by atoms with E-state index in [1.807, 2.05) is 0 Å². The highest BCUT2D eigenvalue weighted by Gasteiger charge is 2.32. The van der Waals surface area contributed by atoms with Crippen LogP contribution in [-0.4, -0.2) is 13.1 Å². The Morgan fingerprint density at radius 3 is 2.20 bits per heavy atom. The van der Waals surface area contributed by atoms with Gasteiger partial charge in [0.05, 0.1) is 0 Å². The first-order chi connectivity index (χ1) is 9.07. The molecule has 1 aliphatic rings. The highest BCUT2D eigenvalue weighted by molar-refractivity contribution is 5.51. The van der Waals surface area contributed by atoms with Gasteiger partial charge in [-0.3, -0.25) is 0 Å². The summed E-state index contributed by atoms with van der Waals surface area (Å²) in [5.74, 6) is 0.565. The van der Waals surface area contributed by atoms with Crippen LogP contribution in [0.5, 0.6) is 0 Å². The highest BCUT2D eigenvalue weighted by atomic mass is 19.1. The average molecular weight is 277 g/mol. The zero-order valence-electron chi connectivity index (χ0n) is 13.8. The molecule has 1 saturated heterocycles. The molecule has 1 aromatic carbocycles. The minimum Gasteiger partial charge on any atom is -0.371 e. The Hall–Kier alpha value is -1.05. The number of halogens is 1. The van der Waals surface area contributed by atoms with Crippen molar-refractivity contribution in [3.63, 3.8) is 0 Å². The Kier molecular flexibility index (Phi) is 3.88. The monoisotopic (exact) mass is 277 g/mol. The number of rotatable bonds is 1. The molecule has 1 nitrogen and oxygen atoms in total. The molecule has 1 fully saturated rings. The predicted molar refractivity (Wildman–Crippen MR) is 84.9 cm³/mol. The molecule has 2 heteroatoms. The van der Waals surface area contributed by atoms with Crippen LogP contribution in [0.2, 0.25) is 0 Å². The lowest BCUT2D eigenvalue weighted by Gasteiger charge is -2.28. The molecule has 0 aliphatic carbocycles. The maximum absolute atomic E-state index is 13.9. The van der Waals surface area contributed by atoms with Crippen LogP contribution in [0, 0.1) is 17.2 Å². The fourth-order valence-electron chi connectivity index (χ4n) is 2.89. The summed E-state index contributed by atoms with van der Waals surface area (Å²) in [4.78, 5) is 2.34. The van der Waals surface area contributed by atoms with Gasteiger partial charge in [0.25, 0.3) is 0 Å². The second-order valence-electron chi connectivity index (χ2n) is 8.25. The first kappa shape index (κ1) is 15.3. The smallest absolute Gasteiger partial charge is 0.125 e. The van der Waals surface area contributed by atoms with E-state index in [2.05, 4.69) is 52.5 Å². The minimum absolute atomic E-state index is 0.0139. The normalized spacial score (nSPS) is 20.6. The van der Waals surface area contributed by atoms with Gasteiger partial charge in [-0.15, -0.1) is 0 Å². The van der Waals surface area contributed by atoms with E-state index in [9.17, 15) is 4.39 Å². The zero-order valence-corrected chi connectivity index (χ0v) is 13.8. The van der Waals surface area contributed by atoms with Crippen molar-refractivity contribution in [3.8, 4) is 0 Å². The highest BCUT2D eigenvalue weighted by Crippen LogP contribution is 2.37. The van der Waals surface area contributed by atoms with Crippen molar-refractivity contribution < 1.29 is 4.39 Å². The van der Waals surface area contributed by atoms with E-state index in [1.165, 1.54) is 6.42 Å². The van der Waals surface area contributed by atoms with Gasteiger partial charge in [0.2, 0.25) is 0 Å². The number of hydrogen-bond donors (Lipinski definition) is 0. The van der Waals surface area contributed by atoms with E-state index in [0.29, 0.717) is 11.3 Å². The van der Waals surface area contributed by atoms with Crippen molar-refractivity contribution in [2.24, 2.45) is 11.3 Å². The van der Waals surface area contributed by atoms with Crippen LogP contribution in [0.15, 0.2) is 18.2 Å². The van der Waals surface area contributed by atoms with Crippen LogP contribution in [0.3, 0.4) is 0 Å². The number of anilines is 1. The fourth-order valence-corrected chi connectivity index (χ4v) is 2.89. The van der Waals surface area contributed by atoms with Gasteiger partial charge in [-0.25, -0.2) is 4.39 Å². The molecule has 112 valence electrons. The van der Waals surface area contributed by atoms with Crippen LogP contribution < -0.4 is 4.90 Å². The molecule has 0 amide bonds. The summed E-state index contributed by atoms with van der Waals surface area (Å²) in [5, 5.41) is 0. The molecule has 0 N–H and O–H groups in total. The Morgan fingerprint density at radius 2 is 1.70 bits per heavy atom. The Bertz CT molecular complexity index is 479. The zero-order chi connectivity index (χ0) is 15.1. The third-order valence-electron chi connectivity index (χ3n) is 4.53. The van der Waals surface area contributed by atoms with Crippen molar-refractivity contribution >= 4 is 5.69 Å². The quantitative estimate of drug-likeness (QED) is 0.698. The predicted octanol–water partition coefficient (Wildman–Crippen LogP) is 5.00. The van der Waals surface area contributed by atoms with Gasteiger partial charge < -0.3 is 4.90 Å². The summed E-state index contributed by atoms with van der Waals surface area (Å²) < 4.78 is 13.9. The van der Waals surface area contributed by atoms with Crippen LogP contribution in [0.1, 0.15) is 53.5 Å². The van der Waals surface area contributed by atoms with Crippen molar-refractivity contribution in [1.82, 2.24) is 0 Å². The molecule has 20 heavy (non-hydrogen) atoms. The molecular weight excluding hydrogens is 249 g/mol. The maximum Gasteiger partial charge on any atom is 0.125 e. The lowest BCUT2D eigenvalue weighted by Crippen LogP contribution is -2.26. The largest absolute Gasteiger partial charge is 0.371 e. The lowest BCUT2D eigenvalue weighted by molar-refractivity contribution is 0.263. The van der Waals surface area contributed by atoms with Crippen LogP contribution in [0.25, 0.3) is 0 Å². The molecule has 1 heterocycles. The first-order valence-corrected chi connectivity index (χ1v) is 7.63. The summed E-state index contributed by atoms with van der Waals surface area (Å²) in [6.07, 6.45) is 1.20. The molecule has 1 aliphatic heterocycles. The van der Waals surface area contributed by atoms with Crippen LogP contribution in [-0.2, 0) is 5.41 Å². The maximum atomic E-state index is 13.9. The lowest BCUT2D eigenvalue weighted by atomic mass is 9.80. The van der Waals surface area contributed by atoms with E-state index in [1.54, 1.807) is 12.1 Å².